The summed E-state index contributed by atoms with van der Waals surface area (Å²) in [5.41, 5.74) is 3.47. The SMILES string of the molecule is C=C(C)C1CC(=O)C(C)=C(CC)C1. The van der Waals surface area contributed by atoms with E-state index in [0.29, 0.717) is 18.1 Å². The van der Waals surface area contributed by atoms with E-state index < -0.39 is 0 Å². The molecule has 0 fully saturated rings. The summed E-state index contributed by atoms with van der Waals surface area (Å²) in [6.07, 6.45) is 2.72. The van der Waals surface area contributed by atoms with Gasteiger partial charge in [-0.3, -0.25) is 4.79 Å². The van der Waals surface area contributed by atoms with Crippen LogP contribution in [0.5, 0.6) is 0 Å². The second kappa shape index (κ2) is 3.91. The van der Waals surface area contributed by atoms with Gasteiger partial charge in [-0.2, -0.15) is 0 Å². The van der Waals surface area contributed by atoms with E-state index in [-0.39, 0.29) is 0 Å². The molecule has 1 aliphatic rings. The Bertz CT molecular complexity index is 271. The molecular formula is C12H18O. The molecular weight excluding hydrogens is 160 g/mol. The first-order valence-corrected chi connectivity index (χ1v) is 4.93. The normalized spacial score (nSPS) is 23.6. The van der Waals surface area contributed by atoms with Gasteiger partial charge in [0.15, 0.2) is 5.78 Å². The lowest BCUT2D eigenvalue weighted by molar-refractivity contribution is -0.116. The molecule has 1 heteroatoms. The van der Waals surface area contributed by atoms with Crippen LogP contribution in [0.25, 0.3) is 0 Å². The van der Waals surface area contributed by atoms with Gasteiger partial charge < -0.3 is 0 Å². The van der Waals surface area contributed by atoms with Crippen LogP contribution in [-0.2, 0) is 4.79 Å². The summed E-state index contributed by atoms with van der Waals surface area (Å²) >= 11 is 0. The van der Waals surface area contributed by atoms with E-state index in [1.807, 2.05) is 13.8 Å². The minimum atomic E-state index is 0.316. The lowest BCUT2D eigenvalue weighted by atomic mass is 9.80. The van der Waals surface area contributed by atoms with Gasteiger partial charge in [0.05, 0.1) is 0 Å². The fourth-order valence-corrected chi connectivity index (χ4v) is 1.85. The summed E-state index contributed by atoms with van der Waals surface area (Å²) < 4.78 is 0. The van der Waals surface area contributed by atoms with Crippen molar-refractivity contribution in [2.75, 3.05) is 0 Å². The molecule has 0 amide bonds. The van der Waals surface area contributed by atoms with Crippen molar-refractivity contribution in [3.05, 3.63) is 23.3 Å². The lowest BCUT2D eigenvalue weighted by Gasteiger charge is -2.24. The molecule has 0 aliphatic heterocycles. The Morgan fingerprint density at radius 3 is 2.62 bits per heavy atom. The highest BCUT2D eigenvalue weighted by molar-refractivity contribution is 5.96. The molecule has 0 N–H and O–H groups in total. The van der Waals surface area contributed by atoms with E-state index in [1.54, 1.807) is 0 Å². The largest absolute Gasteiger partial charge is 0.295 e. The zero-order valence-corrected chi connectivity index (χ0v) is 8.81. The Balaban J connectivity index is 2.88. The predicted octanol–water partition coefficient (Wildman–Crippen LogP) is 3.27. The van der Waals surface area contributed by atoms with Crippen molar-refractivity contribution in [1.82, 2.24) is 0 Å². The molecule has 0 saturated heterocycles. The molecule has 1 nitrogen and oxygen atoms in total. The van der Waals surface area contributed by atoms with Crippen LogP contribution in [0.3, 0.4) is 0 Å². The standard InChI is InChI=1S/C12H18O/c1-5-10-6-11(8(2)3)7-12(13)9(10)4/h11H,2,5-7H2,1,3-4H3. The van der Waals surface area contributed by atoms with Gasteiger partial charge in [0, 0.05) is 6.42 Å². The molecule has 0 spiro atoms. The van der Waals surface area contributed by atoms with Crippen molar-refractivity contribution in [2.45, 2.75) is 40.0 Å². The molecule has 1 rings (SSSR count). The first kappa shape index (κ1) is 10.2. The summed E-state index contributed by atoms with van der Waals surface area (Å²) in [6.45, 7) is 10.0. The molecule has 0 aromatic heterocycles. The maximum atomic E-state index is 11.6. The van der Waals surface area contributed by atoms with Crippen molar-refractivity contribution in [3.8, 4) is 0 Å². The summed E-state index contributed by atoms with van der Waals surface area (Å²) in [6, 6.07) is 0. The van der Waals surface area contributed by atoms with E-state index in [0.717, 1.165) is 24.0 Å². The minimum absolute atomic E-state index is 0.316. The number of carbonyl (C=O) groups is 1. The number of hydrogen-bond donors (Lipinski definition) is 0. The first-order chi connectivity index (χ1) is 6.06. The van der Waals surface area contributed by atoms with Crippen LogP contribution < -0.4 is 0 Å². The third kappa shape index (κ3) is 2.09. The quantitative estimate of drug-likeness (QED) is 0.593. The van der Waals surface area contributed by atoms with Crippen molar-refractivity contribution in [1.29, 1.82) is 0 Å². The average Bonchev–Trinajstić information content (AvgIpc) is 2.09. The topological polar surface area (TPSA) is 17.1 Å². The summed E-state index contributed by atoms with van der Waals surface area (Å²) in [7, 11) is 0. The molecule has 0 bridgehead atoms. The summed E-state index contributed by atoms with van der Waals surface area (Å²) in [5, 5.41) is 0. The Hall–Kier alpha value is -0.850. The first-order valence-electron chi connectivity index (χ1n) is 4.93. The highest BCUT2D eigenvalue weighted by Crippen LogP contribution is 2.32. The summed E-state index contributed by atoms with van der Waals surface area (Å²) in [4.78, 5) is 11.6. The number of ketones is 1. The molecule has 0 aromatic carbocycles. The van der Waals surface area contributed by atoms with Crippen LogP contribution in [0.15, 0.2) is 23.3 Å². The van der Waals surface area contributed by atoms with Crippen LogP contribution in [0.2, 0.25) is 0 Å². The van der Waals surface area contributed by atoms with E-state index in [9.17, 15) is 4.79 Å². The molecule has 0 aromatic rings. The number of allylic oxidation sites excluding steroid dienone is 3. The Morgan fingerprint density at radius 1 is 1.54 bits per heavy atom. The van der Waals surface area contributed by atoms with Crippen LogP contribution in [-0.4, -0.2) is 5.78 Å². The zero-order valence-electron chi connectivity index (χ0n) is 8.81. The number of hydrogen-bond acceptors (Lipinski definition) is 1. The van der Waals surface area contributed by atoms with Gasteiger partial charge in [-0.1, -0.05) is 24.6 Å². The fourth-order valence-electron chi connectivity index (χ4n) is 1.85. The highest BCUT2D eigenvalue weighted by atomic mass is 16.1. The van der Waals surface area contributed by atoms with Gasteiger partial charge in [-0.05, 0) is 38.2 Å². The van der Waals surface area contributed by atoms with Crippen molar-refractivity contribution in [3.63, 3.8) is 0 Å². The molecule has 13 heavy (non-hydrogen) atoms. The second-order valence-electron chi connectivity index (χ2n) is 3.96. The summed E-state index contributed by atoms with van der Waals surface area (Å²) in [5.74, 6) is 0.710. The second-order valence-corrected chi connectivity index (χ2v) is 3.96. The van der Waals surface area contributed by atoms with Crippen LogP contribution in [0, 0.1) is 5.92 Å². The van der Waals surface area contributed by atoms with Crippen LogP contribution in [0.4, 0.5) is 0 Å². The highest BCUT2D eigenvalue weighted by Gasteiger charge is 2.24. The van der Waals surface area contributed by atoms with Gasteiger partial charge in [0.1, 0.15) is 0 Å². The van der Waals surface area contributed by atoms with Gasteiger partial charge in [0.2, 0.25) is 0 Å². The van der Waals surface area contributed by atoms with E-state index in [1.165, 1.54) is 5.57 Å². The Labute approximate surface area is 80.5 Å². The molecule has 1 atom stereocenters. The average molecular weight is 178 g/mol. The molecule has 0 saturated carbocycles. The third-order valence-electron chi connectivity index (χ3n) is 3.00. The Kier molecular flexibility index (Phi) is 3.07. The third-order valence-corrected chi connectivity index (χ3v) is 3.00. The number of rotatable bonds is 2. The predicted molar refractivity (Wildman–Crippen MR) is 55.5 cm³/mol. The van der Waals surface area contributed by atoms with E-state index in [4.69, 9.17) is 0 Å². The van der Waals surface area contributed by atoms with Gasteiger partial charge in [0.25, 0.3) is 0 Å². The molecule has 0 heterocycles. The van der Waals surface area contributed by atoms with Gasteiger partial charge in [-0.25, -0.2) is 0 Å². The molecule has 0 radical (unpaired) electrons. The minimum Gasteiger partial charge on any atom is -0.295 e. The monoisotopic (exact) mass is 178 g/mol. The number of carbonyl (C=O) groups excluding carboxylic acids is 1. The number of Topliss-reactive ketones (excluding diaryl/α,β-unsaturated/α-hetero) is 1. The van der Waals surface area contributed by atoms with Crippen molar-refractivity contribution >= 4 is 5.78 Å². The maximum Gasteiger partial charge on any atom is 0.159 e. The van der Waals surface area contributed by atoms with E-state index >= 15 is 0 Å². The van der Waals surface area contributed by atoms with Crippen molar-refractivity contribution in [2.24, 2.45) is 5.92 Å². The fraction of sp³-hybridized carbons (Fsp3) is 0.583. The Morgan fingerprint density at radius 2 is 2.15 bits per heavy atom. The lowest BCUT2D eigenvalue weighted by Crippen LogP contribution is -2.18. The molecule has 1 unspecified atom stereocenters. The van der Waals surface area contributed by atoms with Gasteiger partial charge >= 0.3 is 0 Å². The van der Waals surface area contributed by atoms with Crippen LogP contribution >= 0.6 is 0 Å². The van der Waals surface area contributed by atoms with Gasteiger partial charge in [-0.15, -0.1) is 0 Å². The maximum absolute atomic E-state index is 11.6. The van der Waals surface area contributed by atoms with E-state index in [2.05, 4.69) is 13.5 Å². The smallest absolute Gasteiger partial charge is 0.159 e. The molecule has 72 valence electrons. The zero-order chi connectivity index (χ0) is 10.0. The van der Waals surface area contributed by atoms with Crippen molar-refractivity contribution < 1.29 is 4.79 Å². The molecule has 1 aliphatic carbocycles. The van der Waals surface area contributed by atoms with Crippen LogP contribution in [0.1, 0.15) is 40.0 Å².